The van der Waals surface area contributed by atoms with Gasteiger partial charge in [-0.3, -0.25) is 0 Å². The Labute approximate surface area is 148 Å². The minimum Gasteiger partial charge on any atom is -0.459 e. The molecule has 1 amide bonds. The molecule has 0 unspecified atom stereocenters. The summed E-state index contributed by atoms with van der Waals surface area (Å²) in [4.78, 5) is 24.0. The molecule has 1 saturated heterocycles. The Morgan fingerprint density at radius 3 is 2.56 bits per heavy atom. The lowest BCUT2D eigenvalue weighted by molar-refractivity contribution is -0.158. The van der Waals surface area contributed by atoms with Crippen LogP contribution in [0.4, 0.5) is 4.79 Å². The zero-order valence-electron chi connectivity index (χ0n) is 15.3. The van der Waals surface area contributed by atoms with Crippen molar-refractivity contribution in [1.82, 2.24) is 5.32 Å². The third-order valence-corrected chi connectivity index (χ3v) is 3.84. The number of nitrogens with one attached hydrogen (secondary N) is 1. The number of amides is 1. The molecule has 1 heterocycles. The summed E-state index contributed by atoms with van der Waals surface area (Å²) in [6, 6.07) is 9.26. The average Bonchev–Trinajstić information content (AvgIpc) is 3.02. The maximum absolute atomic E-state index is 12.1. The lowest BCUT2D eigenvalue weighted by Crippen LogP contribution is -2.44. The predicted molar refractivity (Wildman–Crippen MR) is 93.0 cm³/mol. The fraction of sp³-hybridized carbons (Fsp3) is 0.579. The number of hydrogen-bond donors (Lipinski definition) is 1. The van der Waals surface area contributed by atoms with Crippen LogP contribution in [-0.2, 0) is 25.6 Å². The lowest BCUT2D eigenvalue weighted by Gasteiger charge is -2.24. The summed E-state index contributed by atoms with van der Waals surface area (Å²) in [5.74, 6) is -0.365. The van der Waals surface area contributed by atoms with E-state index in [-0.39, 0.29) is 24.7 Å². The molecule has 6 heteroatoms. The largest absolute Gasteiger partial charge is 0.459 e. The maximum atomic E-state index is 12.1. The Hall–Kier alpha value is -2.08. The number of esters is 1. The second-order valence-corrected chi connectivity index (χ2v) is 7.27. The molecule has 1 fully saturated rings. The molecule has 0 saturated carbocycles. The smallest absolute Gasteiger partial charge is 0.407 e. The number of ether oxygens (including phenoxy) is 3. The van der Waals surface area contributed by atoms with Gasteiger partial charge in [-0.25, -0.2) is 9.59 Å². The van der Waals surface area contributed by atoms with Crippen molar-refractivity contribution >= 4 is 12.1 Å². The van der Waals surface area contributed by atoms with E-state index in [1.807, 2.05) is 58.0 Å². The monoisotopic (exact) mass is 349 g/mol. The van der Waals surface area contributed by atoms with Gasteiger partial charge in [-0.2, -0.15) is 0 Å². The zero-order valence-corrected chi connectivity index (χ0v) is 15.3. The molecule has 0 radical (unpaired) electrons. The molecular formula is C19H27NO5. The second-order valence-electron chi connectivity index (χ2n) is 7.27. The first-order valence-electron chi connectivity index (χ1n) is 8.60. The summed E-state index contributed by atoms with van der Waals surface area (Å²) in [7, 11) is 0. The molecule has 1 aliphatic rings. The summed E-state index contributed by atoms with van der Waals surface area (Å²) in [5, 5.41) is 2.76. The quantitative estimate of drug-likeness (QED) is 0.827. The van der Waals surface area contributed by atoms with E-state index in [0.717, 1.165) is 5.56 Å². The van der Waals surface area contributed by atoms with E-state index in [0.29, 0.717) is 12.8 Å². The van der Waals surface area contributed by atoms with E-state index in [9.17, 15) is 9.59 Å². The van der Waals surface area contributed by atoms with Gasteiger partial charge >= 0.3 is 12.1 Å². The highest BCUT2D eigenvalue weighted by Crippen LogP contribution is 2.24. The van der Waals surface area contributed by atoms with E-state index in [1.54, 1.807) is 0 Å². The molecule has 0 bridgehead atoms. The summed E-state index contributed by atoms with van der Waals surface area (Å²) in [6.07, 6.45) is -0.0437. The Balaban J connectivity index is 1.76. The van der Waals surface area contributed by atoms with Gasteiger partial charge in [0.1, 0.15) is 12.2 Å². The standard InChI is InChI=1S/C19H27NO5/c1-13(20-18(22)25-19(2,3)4)15-10-11-16(24-15)17(21)23-12-14-8-6-5-7-9-14/h5-9,13,15-16H,10-12H2,1-4H3,(H,20,22)/t13-,15-,16-/m0/s1. The van der Waals surface area contributed by atoms with Gasteiger partial charge in [-0.15, -0.1) is 0 Å². The van der Waals surface area contributed by atoms with Crippen LogP contribution in [0.3, 0.4) is 0 Å². The van der Waals surface area contributed by atoms with Crippen molar-refractivity contribution in [2.24, 2.45) is 0 Å². The second kappa shape index (κ2) is 8.34. The summed E-state index contributed by atoms with van der Waals surface area (Å²) >= 11 is 0. The van der Waals surface area contributed by atoms with E-state index >= 15 is 0 Å². The number of carbonyl (C=O) groups excluding carboxylic acids is 2. The van der Waals surface area contributed by atoms with Gasteiger partial charge in [-0.1, -0.05) is 30.3 Å². The Morgan fingerprint density at radius 1 is 1.24 bits per heavy atom. The highest BCUT2D eigenvalue weighted by molar-refractivity contribution is 5.75. The first-order chi connectivity index (χ1) is 11.7. The molecule has 6 nitrogen and oxygen atoms in total. The highest BCUT2D eigenvalue weighted by Gasteiger charge is 2.35. The van der Waals surface area contributed by atoms with Crippen LogP contribution < -0.4 is 5.32 Å². The summed E-state index contributed by atoms with van der Waals surface area (Å²) in [6.45, 7) is 7.49. The summed E-state index contributed by atoms with van der Waals surface area (Å²) < 4.78 is 16.3. The van der Waals surface area contributed by atoms with E-state index in [4.69, 9.17) is 14.2 Å². The molecule has 0 aliphatic carbocycles. The maximum Gasteiger partial charge on any atom is 0.407 e. The SMILES string of the molecule is C[C@H](NC(=O)OC(C)(C)C)[C@@H]1CC[C@@H](C(=O)OCc2ccccc2)O1. The minimum atomic E-state index is -0.586. The van der Waals surface area contributed by atoms with Crippen LogP contribution in [0.15, 0.2) is 30.3 Å². The number of alkyl carbamates (subject to hydrolysis) is 1. The molecule has 0 spiro atoms. The zero-order chi connectivity index (χ0) is 18.4. The molecule has 2 rings (SSSR count). The normalized spacial score (nSPS) is 21.4. The third kappa shape index (κ3) is 6.38. The number of hydrogen-bond acceptors (Lipinski definition) is 5. The molecule has 138 valence electrons. The Morgan fingerprint density at radius 2 is 1.92 bits per heavy atom. The van der Waals surface area contributed by atoms with E-state index in [2.05, 4.69) is 5.32 Å². The highest BCUT2D eigenvalue weighted by atomic mass is 16.6. The van der Waals surface area contributed by atoms with Gasteiger partial charge in [0.15, 0.2) is 6.10 Å². The minimum absolute atomic E-state index is 0.232. The van der Waals surface area contributed by atoms with Crippen molar-refractivity contribution < 1.29 is 23.8 Å². The molecular weight excluding hydrogens is 322 g/mol. The van der Waals surface area contributed by atoms with Crippen LogP contribution in [0.2, 0.25) is 0 Å². The van der Waals surface area contributed by atoms with Gasteiger partial charge in [0.05, 0.1) is 12.1 Å². The van der Waals surface area contributed by atoms with Crippen LogP contribution in [0.25, 0.3) is 0 Å². The van der Waals surface area contributed by atoms with Crippen molar-refractivity contribution in [1.29, 1.82) is 0 Å². The predicted octanol–water partition coefficient (Wildman–Crippen LogP) is 3.19. The molecule has 25 heavy (non-hydrogen) atoms. The van der Waals surface area contributed by atoms with Crippen LogP contribution in [0.5, 0.6) is 0 Å². The van der Waals surface area contributed by atoms with Gasteiger partial charge in [0.25, 0.3) is 0 Å². The number of rotatable bonds is 5. The number of benzene rings is 1. The van der Waals surface area contributed by atoms with Crippen molar-refractivity contribution in [3.8, 4) is 0 Å². The summed E-state index contributed by atoms with van der Waals surface area (Å²) in [5.41, 5.74) is 0.384. The lowest BCUT2D eigenvalue weighted by atomic mass is 10.1. The van der Waals surface area contributed by atoms with Gasteiger partial charge in [0, 0.05) is 0 Å². The fourth-order valence-corrected chi connectivity index (χ4v) is 2.61. The molecule has 1 aromatic carbocycles. The Kier molecular flexibility index (Phi) is 6.42. The van der Waals surface area contributed by atoms with Crippen molar-refractivity contribution in [3.05, 3.63) is 35.9 Å². The van der Waals surface area contributed by atoms with Gasteiger partial charge in [0.2, 0.25) is 0 Å². The molecule has 1 aliphatic heterocycles. The van der Waals surface area contributed by atoms with Crippen LogP contribution in [0.1, 0.15) is 46.1 Å². The van der Waals surface area contributed by atoms with E-state index in [1.165, 1.54) is 0 Å². The van der Waals surface area contributed by atoms with Crippen LogP contribution >= 0.6 is 0 Å². The first kappa shape index (κ1) is 19.2. The van der Waals surface area contributed by atoms with Crippen molar-refractivity contribution in [3.63, 3.8) is 0 Å². The van der Waals surface area contributed by atoms with Crippen LogP contribution in [-0.4, -0.2) is 35.9 Å². The van der Waals surface area contributed by atoms with Crippen molar-refractivity contribution in [2.45, 2.75) is 71.0 Å². The topological polar surface area (TPSA) is 73.9 Å². The molecule has 0 aromatic heterocycles. The number of carbonyl (C=O) groups is 2. The van der Waals surface area contributed by atoms with Gasteiger partial charge < -0.3 is 19.5 Å². The molecule has 1 aromatic rings. The van der Waals surface area contributed by atoms with Crippen molar-refractivity contribution in [2.75, 3.05) is 0 Å². The molecule has 1 N–H and O–H groups in total. The Bertz CT molecular complexity index is 581. The van der Waals surface area contributed by atoms with Crippen LogP contribution in [0, 0.1) is 0 Å². The van der Waals surface area contributed by atoms with Gasteiger partial charge in [-0.05, 0) is 46.1 Å². The first-order valence-corrected chi connectivity index (χ1v) is 8.60. The van der Waals surface area contributed by atoms with E-state index < -0.39 is 17.8 Å². The third-order valence-electron chi connectivity index (χ3n) is 3.84. The average molecular weight is 349 g/mol. The fourth-order valence-electron chi connectivity index (χ4n) is 2.61. The molecule has 3 atom stereocenters.